The molecule has 0 saturated carbocycles. The van der Waals surface area contributed by atoms with Crippen molar-refractivity contribution < 1.29 is 0 Å². The molecule has 0 saturated heterocycles. The summed E-state index contributed by atoms with van der Waals surface area (Å²) in [6.07, 6.45) is 1.08. The van der Waals surface area contributed by atoms with Crippen molar-refractivity contribution in [2.45, 2.75) is 60.0 Å². The van der Waals surface area contributed by atoms with E-state index < -0.39 is 0 Å². The molecule has 0 unspecified atom stereocenters. The number of nitrogens with one attached hydrogen (secondary N) is 1. The predicted octanol–water partition coefficient (Wildman–Crippen LogP) is 6.24. The molecule has 24 heavy (non-hydrogen) atoms. The van der Waals surface area contributed by atoms with Gasteiger partial charge in [0.05, 0.1) is 0 Å². The molecule has 0 radical (unpaired) electrons. The second kappa shape index (κ2) is 6.22. The Hall–Kier alpha value is -1.86. The molecule has 1 nitrogen and oxygen atoms in total. The van der Waals surface area contributed by atoms with Gasteiger partial charge in [-0.1, -0.05) is 42.0 Å². The summed E-state index contributed by atoms with van der Waals surface area (Å²) in [7, 11) is 0. The highest BCUT2D eigenvalue weighted by molar-refractivity contribution is 5.92. The Morgan fingerprint density at radius 2 is 1.62 bits per heavy atom. The topological polar surface area (TPSA) is 12.0 Å². The molecule has 0 aliphatic heterocycles. The van der Waals surface area contributed by atoms with Gasteiger partial charge in [0.2, 0.25) is 0 Å². The molecule has 2 aromatic rings. The average Bonchev–Trinajstić information content (AvgIpc) is 2.79. The van der Waals surface area contributed by atoms with Crippen molar-refractivity contribution >= 4 is 16.3 Å². The number of hydrogen-bond acceptors (Lipinski definition) is 1. The van der Waals surface area contributed by atoms with E-state index in [9.17, 15) is 0 Å². The van der Waals surface area contributed by atoms with E-state index in [-0.39, 0.29) is 5.54 Å². The third-order valence-corrected chi connectivity index (χ3v) is 5.26. The van der Waals surface area contributed by atoms with Gasteiger partial charge >= 0.3 is 0 Å². The zero-order chi connectivity index (χ0) is 17.5. The fourth-order valence-corrected chi connectivity index (χ4v) is 3.54. The fraction of sp³-hybridized carbons (Fsp3) is 0.391. The predicted molar refractivity (Wildman–Crippen MR) is 106 cm³/mol. The fourth-order valence-electron chi connectivity index (χ4n) is 3.54. The maximum atomic E-state index is 3.70. The number of allylic oxidation sites excluding steroid dienone is 4. The van der Waals surface area contributed by atoms with Gasteiger partial charge in [-0.3, -0.25) is 0 Å². The smallest absolute Gasteiger partial charge is 0.0222 e. The maximum Gasteiger partial charge on any atom is 0.0222 e. The van der Waals surface area contributed by atoms with Crippen molar-refractivity contribution in [3.63, 3.8) is 0 Å². The lowest BCUT2D eigenvalue weighted by Gasteiger charge is -2.23. The standard InChI is InChI=1S/C23H29N/c1-15-13-21(17(3)16(15)2)20-12-11-18-9-7-8-10-19(18)22(20)14-24-23(4,5)6/h7-12,24H,13-14H2,1-6H3. The van der Waals surface area contributed by atoms with Gasteiger partial charge in [0, 0.05) is 12.1 Å². The number of rotatable bonds is 3. The van der Waals surface area contributed by atoms with E-state index >= 15 is 0 Å². The normalized spacial score (nSPS) is 15.8. The van der Waals surface area contributed by atoms with Crippen molar-refractivity contribution in [3.8, 4) is 0 Å². The first kappa shape index (κ1) is 17.0. The Morgan fingerprint density at radius 3 is 2.25 bits per heavy atom. The van der Waals surface area contributed by atoms with Crippen LogP contribution in [0.3, 0.4) is 0 Å². The molecule has 1 aliphatic rings. The van der Waals surface area contributed by atoms with Crippen LogP contribution in [0.4, 0.5) is 0 Å². The first-order valence-corrected chi connectivity index (χ1v) is 8.90. The zero-order valence-electron chi connectivity index (χ0n) is 15.9. The van der Waals surface area contributed by atoms with Crippen LogP contribution in [0.5, 0.6) is 0 Å². The van der Waals surface area contributed by atoms with Crippen LogP contribution in [-0.2, 0) is 6.54 Å². The van der Waals surface area contributed by atoms with Crippen molar-refractivity contribution in [1.29, 1.82) is 0 Å². The van der Waals surface area contributed by atoms with Gasteiger partial charge < -0.3 is 5.32 Å². The average molecular weight is 319 g/mol. The molecule has 1 heteroatoms. The van der Waals surface area contributed by atoms with Crippen LogP contribution in [0.25, 0.3) is 16.3 Å². The summed E-state index contributed by atoms with van der Waals surface area (Å²) in [6, 6.07) is 13.3. The second-order valence-corrected chi connectivity index (χ2v) is 8.10. The van der Waals surface area contributed by atoms with Crippen molar-refractivity contribution in [3.05, 3.63) is 64.2 Å². The molecule has 126 valence electrons. The van der Waals surface area contributed by atoms with Crippen LogP contribution >= 0.6 is 0 Å². The summed E-state index contributed by atoms with van der Waals surface area (Å²) in [5, 5.41) is 6.39. The highest BCUT2D eigenvalue weighted by atomic mass is 14.9. The molecule has 0 aromatic heterocycles. The molecule has 0 amide bonds. The first-order valence-electron chi connectivity index (χ1n) is 8.90. The van der Waals surface area contributed by atoms with Gasteiger partial charge in [0.25, 0.3) is 0 Å². The monoisotopic (exact) mass is 319 g/mol. The Morgan fingerprint density at radius 1 is 0.917 bits per heavy atom. The van der Waals surface area contributed by atoms with Gasteiger partial charge in [-0.05, 0) is 86.6 Å². The highest BCUT2D eigenvalue weighted by Crippen LogP contribution is 2.40. The van der Waals surface area contributed by atoms with Crippen LogP contribution in [0.1, 0.15) is 59.1 Å². The van der Waals surface area contributed by atoms with Gasteiger partial charge in [0.1, 0.15) is 0 Å². The Bertz CT molecular complexity index is 844. The van der Waals surface area contributed by atoms with E-state index in [0.717, 1.165) is 13.0 Å². The molecular weight excluding hydrogens is 290 g/mol. The van der Waals surface area contributed by atoms with Crippen LogP contribution < -0.4 is 5.32 Å². The summed E-state index contributed by atoms with van der Waals surface area (Å²) in [5.74, 6) is 0. The third kappa shape index (κ3) is 3.18. The van der Waals surface area contributed by atoms with Crippen LogP contribution in [0, 0.1) is 0 Å². The maximum absolute atomic E-state index is 3.70. The van der Waals surface area contributed by atoms with Crippen molar-refractivity contribution in [2.75, 3.05) is 0 Å². The Labute approximate surface area is 146 Å². The summed E-state index contributed by atoms with van der Waals surface area (Å²) >= 11 is 0. The molecule has 0 spiro atoms. The number of fused-ring (bicyclic) bond motifs is 1. The zero-order valence-corrected chi connectivity index (χ0v) is 15.9. The molecule has 0 bridgehead atoms. The number of benzene rings is 2. The van der Waals surface area contributed by atoms with Gasteiger partial charge in [-0.25, -0.2) is 0 Å². The molecular formula is C23H29N. The van der Waals surface area contributed by atoms with E-state index in [1.54, 1.807) is 0 Å². The van der Waals surface area contributed by atoms with Crippen LogP contribution in [0.15, 0.2) is 53.1 Å². The SMILES string of the molecule is CC1=C(C)C(C)=C(c2ccc3ccccc3c2CNC(C)(C)C)C1. The van der Waals surface area contributed by atoms with Crippen LogP contribution in [0.2, 0.25) is 0 Å². The summed E-state index contributed by atoms with van der Waals surface area (Å²) in [6.45, 7) is 14.4. The van der Waals surface area contributed by atoms with Crippen molar-refractivity contribution in [2.24, 2.45) is 0 Å². The lowest BCUT2D eigenvalue weighted by Crippen LogP contribution is -2.35. The lowest BCUT2D eigenvalue weighted by atomic mass is 9.91. The molecule has 0 atom stereocenters. The largest absolute Gasteiger partial charge is 0.308 e. The van der Waals surface area contributed by atoms with Gasteiger partial charge in [-0.2, -0.15) is 0 Å². The Balaban J connectivity index is 2.15. The van der Waals surface area contributed by atoms with Gasteiger partial charge in [0.15, 0.2) is 0 Å². The van der Waals surface area contributed by atoms with Crippen LogP contribution in [-0.4, -0.2) is 5.54 Å². The molecule has 0 fully saturated rings. The molecule has 1 N–H and O–H groups in total. The molecule has 1 aliphatic carbocycles. The van der Waals surface area contributed by atoms with E-state index in [0.29, 0.717) is 0 Å². The quantitative estimate of drug-likeness (QED) is 0.706. The summed E-state index contributed by atoms with van der Waals surface area (Å²) in [4.78, 5) is 0. The van der Waals surface area contributed by atoms with E-state index in [2.05, 4.69) is 83.3 Å². The summed E-state index contributed by atoms with van der Waals surface area (Å²) in [5.41, 5.74) is 8.88. The highest BCUT2D eigenvalue weighted by Gasteiger charge is 2.21. The second-order valence-electron chi connectivity index (χ2n) is 8.10. The molecule has 3 rings (SSSR count). The lowest BCUT2D eigenvalue weighted by molar-refractivity contribution is 0.425. The minimum Gasteiger partial charge on any atom is -0.308 e. The third-order valence-electron chi connectivity index (χ3n) is 5.26. The number of hydrogen-bond donors (Lipinski definition) is 1. The van der Waals surface area contributed by atoms with E-state index in [1.807, 2.05) is 0 Å². The van der Waals surface area contributed by atoms with E-state index in [4.69, 9.17) is 0 Å². The Kier molecular flexibility index (Phi) is 4.40. The minimum atomic E-state index is 0.109. The van der Waals surface area contributed by atoms with Crippen molar-refractivity contribution in [1.82, 2.24) is 5.32 Å². The van der Waals surface area contributed by atoms with E-state index in [1.165, 1.54) is 44.2 Å². The van der Waals surface area contributed by atoms with Gasteiger partial charge in [-0.15, -0.1) is 0 Å². The minimum absolute atomic E-state index is 0.109. The first-order chi connectivity index (χ1) is 11.3. The molecule has 0 heterocycles. The summed E-state index contributed by atoms with van der Waals surface area (Å²) < 4.78 is 0. The molecule has 2 aromatic carbocycles.